The summed E-state index contributed by atoms with van der Waals surface area (Å²) in [5, 5.41) is 12.6. The number of benzene rings is 1. The van der Waals surface area contributed by atoms with E-state index >= 15 is 0 Å². The molecule has 1 aromatic carbocycles. The van der Waals surface area contributed by atoms with Gasteiger partial charge in [0.25, 0.3) is 0 Å². The van der Waals surface area contributed by atoms with Gasteiger partial charge in [0.1, 0.15) is 0 Å². The van der Waals surface area contributed by atoms with Gasteiger partial charge in [-0.05, 0) is 74.1 Å². The number of amides is 1. The molecule has 0 atom stereocenters. The number of nitrogens with two attached hydrogens (primary N) is 1. The molecule has 0 saturated heterocycles. The van der Waals surface area contributed by atoms with Crippen molar-refractivity contribution in [2.45, 2.75) is 43.9 Å². The average Bonchev–Trinajstić information content (AvgIpc) is 3.52. The van der Waals surface area contributed by atoms with Crippen LogP contribution < -0.4 is 11.1 Å². The van der Waals surface area contributed by atoms with Crippen LogP contribution in [0.3, 0.4) is 0 Å². The molecule has 1 amide bonds. The molecule has 3 saturated carbocycles. The quantitative estimate of drug-likeness (QED) is 0.757. The Hall–Kier alpha value is -2.61. The molecule has 5 heteroatoms. The molecule has 0 bridgehead atoms. The summed E-state index contributed by atoms with van der Waals surface area (Å²) in [5.74, 6) is 1.87. The van der Waals surface area contributed by atoms with E-state index in [9.17, 15) is 10.1 Å². The number of carbonyl (C=O) groups excluding carboxylic acids is 1. The molecule has 27 heavy (non-hydrogen) atoms. The number of hydrogen-bond donors (Lipinski definition) is 2. The molecule has 0 aromatic heterocycles. The second kappa shape index (κ2) is 6.84. The number of nitrogens with one attached hydrogen (secondary N) is 1. The van der Waals surface area contributed by atoms with Gasteiger partial charge in [-0.1, -0.05) is 6.07 Å². The van der Waals surface area contributed by atoms with E-state index < -0.39 is 5.41 Å². The maximum absolute atomic E-state index is 12.6. The monoisotopic (exact) mass is 362 g/mol. The Morgan fingerprint density at radius 1 is 1.33 bits per heavy atom. The Bertz CT molecular complexity index is 850. The van der Waals surface area contributed by atoms with Gasteiger partial charge in [-0.2, -0.15) is 5.26 Å². The van der Waals surface area contributed by atoms with Crippen LogP contribution in [0.1, 0.15) is 49.7 Å². The van der Waals surface area contributed by atoms with Gasteiger partial charge < -0.3 is 11.1 Å². The Morgan fingerprint density at radius 2 is 2.07 bits per heavy atom. The first-order valence-electron chi connectivity index (χ1n) is 9.81. The van der Waals surface area contributed by atoms with Crippen LogP contribution in [0, 0.1) is 29.1 Å². The van der Waals surface area contributed by atoms with Crippen molar-refractivity contribution < 1.29 is 4.79 Å². The third-order valence-corrected chi connectivity index (χ3v) is 6.31. The lowest BCUT2D eigenvalue weighted by atomic mass is 9.72. The lowest BCUT2D eigenvalue weighted by molar-refractivity contribution is -0.124. The minimum atomic E-state index is -0.439. The van der Waals surface area contributed by atoms with E-state index in [0.717, 1.165) is 54.3 Å². The first-order valence-corrected chi connectivity index (χ1v) is 9.81. The maximum Gasteiger partial charge on any atom is 0.227 e. The van der Waals surface area contributed by atoms with Gasteiger partial charge in [0.05, 0.1) is 11.5 Å². The highest BCUT2D eigenvalue weighted by Crippen LogP contribution is 2.51. The third-order valence-electron chi connectivity index (χ3n) is 6.31. The topological polar surface area (TPSA) is 91.3 Å². The second-order valence-electron chi connectivity index (χ2n) is 8.24. The first kappa shape index (κ1) is 17.8. The summed E-state index contributed by atoms with van der Waals surface area (Å²) in [5.41, 5.74) is 8.89. The van der Waals surface area contributed by atoms with Gasteiger partial charge in [0, 0.05) is 36.1 Å². The zero-order valence-corrected chi connectivity index (χ0v) is 15.7. The van der Waals surface area contributed by atoms with Crippen molar-refractivity contribution in [2.75, 3.05) is 12.4 Å². The van der Waals surface area contributed by atoms with Crippen LogP contribution in [-0.4, -0.2) is 19.2 Å². The van der Waals surface area contributed by atoms with Gasteiger partial charge in [-0.15, -0.1) is 0 Å². The molecule has 3 aliphatic carbocycles. The highest BCUT2D eigenvalue weighted by atomic mass is 16.1. The van der Waals surface area contributed by atoms with Crippen molar-refractivity contribution in [3.8, 4) is 6.07 Å². The number of carbonyl (C=O) groups is 1. The van der Waals surface area contributed by atoms with Crippen LogP contribution in [0.5, 0.6) is 0 Å². The van der Waals surface area contributed by atoms with Crippen LogP contribution in [0.25, 0.3) is 5.70 Å². The lowest BCUT2D eigenvalue weighted by Crippen LogP contribution is -2.35. The molecule has 3 aliphatic rings. The maximum atomic E-state index is 12.6. The number of nitrogens with zero attached hydrogens (tertiary/aromatic N) is 2. The molecule has 0 aliphatic heterocycles. The first-order chi connectivity index (χ1) is 13.1. The average molecular weight is 362 g/mol. The number of rotatable bonds is 6. The summed E-state index contributed by atoms with van der Waals surface area (Å²) < 4.78 is 0. The van der Waals surface area contributed by atoms with Crippen molar-refractivity contribution >= 4 is 23.5 Å². The van der Waals surface area contributed by atoms with Crippen molar-refractivity contribution in [1.29, 1.82) is 5.26 Å². The SMILES string of the molecule is CN=C/C=C(\N)c1cc(NC(=O)C2CC(C3CC3)C2)ccc1C1(C#N)CC1. The van der Waals surface area contributed by atoms with Gasteiger partial charge >= 0.3 is 0 Å². The molecule has 0 radical (unpaired) electrons. The molecular weight excluding hydrogens is 336 g/mol. The van der Waals surface area contributed by atoms with Crippen LogP contribution in [0.2, 0.25) is 0 Å². The van der Waals surface area contributed by atoms with Gasteiger partial charge in [-0.3, -0.25) is 9.79 Å². The molecule has 0 unspecified atom stereocenters. The van der Waals surface area contributed by atoms with Crippen molar-refractivity contribution in [3.63, 3.8) is 0 Å². The fourth-order valence-corrected chi connectivity index (χ4v) is 4.16. The Balaban J connectivity index is 1.53. The summed E-state index contributed by atoms with van der Waals surface area (Å²) >= 11 is 0. The fraction of sp³-hybridized carbons (Fsp3) is 0.500. The molecule has 0 spiro atoms. The molecule has 3 N–H and O–H groups in total. The predicted molar refractivity (Wildman–Crippen MR) is 107 cm³/mol. The summed E-state index contributed by atoms with van der Waals surface area (Å²) in [6.07, 6.45) is 9.81. The number of nitriles is 1. The Morgan fingerprint density at radius 3 is 2.67 bits per heavy atom. The largest absolute Gasteiger partial charge is 0.398 e. The predicted octanol–water partition coefficient (Wildman–Crippen LogP) is 3.62. The van der Waals surface area contributed by atoms with Crippen molar-refractivity contribution in [2.24, 2.45) is 28.5 Å². The van der Waals surface area contributed by atoms with Crippen molar-refractivity contribution in [1.82, 2.24) is 0 Å². The second-order valence-corrected chi connectivity index (χ2v) is 8.24. The van der Waals surface area contributed by atoms with E-state index in [1.165, 1.54) is 12.8 Å². The molecule has 4 rings (SSSR count). The van der Waals surface area contributed by atoms with Gasteiger partial charge in [0.2, 0.25) is 5.91 Å². The van der Waals surface area contributed by atoms with Gasteiger partial charge in [0.15, 0.2) is 0 Å². The number of hydrogen-bond acceptors (Lipinski definition) is 4. The fourth-order valence-electron chi connectivity index (χ4n) is 4.16. The Kier molecular flexibility index (Phi) is 4.51. The van der Waals surface area contributed by atoms with Gasteiger partial charge in [-0.25, -0.2) is 0 Å². The van der Waals surface area contributed by atoms with Crippen LogP contribution in [0.15, 0.2) is 29.3 Å². The molecule has 140 valence electrons. The Labute approximate surface area is 160 Å². The molecule has 3 fully saturated rings. The minimum Gasteiger partial charge on any atom is -0.398 e. The van der Waals surface area contributed by atoms with E-state index in [2.05, 4.69) is 16.4 Å². The normalized spacial score (nSPS) is 26.3. The molecular formula is C22H26N4O. The van der Waals surface area contributed by atoms with Crippen molar-refractivity contribution in [3.05, 3.63) is 35.4 Å². The molecule has 1 aromatic rings. The number of allylic oxidation sites excluding steroid dienone is 1. The number of anilines is 1. The van der Waals surface area contributed by atoms with E-state index in [0.29, 0.717) is 5.70 Å². The van der Waals surface area contributed by atoms with E-state index in [1.807, 2.05) is 18.2 Å². The minimum absolute atomic E-state index is 0.102. The lowest BCUT2D eigenvalue weighted by Gasteiger charge is -2.34. The summed E-state index contributed by atoms with van der Waals surface area (Å²) in [4.78, 5) is 16.5. The molecule has 5 nitrogen and oxygen atoms in total. The van der Waals surface area contributed by atoms with Crippen LogP contribution in [-0.2, 0) is 10.2 Å². The summed E-state index contributed by atoms with van der Waals surface area (Å²) in [6, 6.07) is 8.17. The molecule has 0 heterocycles. The van der Waals surface area contributed by atoms with E-state index in [1.54, 1.807) is 19.3 Å². The standard InChI is InChI=1S/C22H26N4O/c1-25-9-6-20(24)18-12-17(4-5-19(18)22(13-23)7-8-22)26-21(27)16-10-15(11-16)14-2-3-14/h4-6,9,12,14-16H,2-3,7-8,10-11,24H2,1H3,(H,26,27)/b20-6-,25-9?. The zero-order valence-electron chi connectivity index (χ0n) is 15.7. The highest BCUT2D eigenvalue weighted by Gasteiger charge is 2.46. The zero-order chi connectivity index (χ0) is 19.0. The van der Waals surface area contributed by atoms with E-state index in [-0.39, 0.29) is 11.8 Å². The van der Waals surface area contributed by atoms with E-state index in [4.69, 9.17) is 5.73 Å². The number of aliphatic imine (C=N–C) groups is 1. The van der Waals surface area contributed by atoms with Crippen LogP contribution in [0.4, 0.5) is 5.69 Å². The van der Waals surface area contributed by atoms with Crippen LogP contribution >= 0.6 is 0 Å². The third kappa shape index (κ3) is 3.49. The summed E-state index contributed by atoms with van der Waals surface area (Å²) in [6.45, 7) is 0. The highest BCUT2D eigenvalue weighted by molar-refractivity contribution is 5.94. The summed E-state index contributed by atoms with van der Waals surface area (Å²) in [7, 11) is 1.69. The smallest absolute Gasteiger partial charge is 0.227 e.